The van der Waals surface area contributed by atoms with Crippen molar-refractivity contribution in [2.75, 3.05) is 0 Å². The number of rotatable bonds is 2. The van der Waals surface area contributed by atoms with Gasteiger partial charge in [-0.1, -0.05) is 74.5 Å². The first-order valence-electron chi connectivity index (χ1n) is 9.94. The molecule has 1 aliphatic carbocycles. The number of alkyl halides is 3. The molecule has 0 amide bonds. The van der Waals surface area contributed by atoms with Gasteiger partial charge >= 0.3 is 6.18 Å². The van der Waals surface area contributed by atoms with Crippen LogP contribution < -0.4 is 0 Å². The van der Waals surface area contributed by atoms with Crippen molar-refractivity contribution >= 4 is 10.8 Å². The highest BCUT2D eigenvalue weighted by atomic mass is 19.4. The van der Waals surface area contributed by atoms with Crippen LogP contribution in [0, 0.1) is 5.41 Å². The molecule has 4 heteroatoms. The van der Waals surface area contributed by atoms with Crippen LogP contribution in [0.4, 0.5) is 13.2 Å². The molecule has 0 radical (unpaired) electrons. The number of fused-ring (bicyclic) bond motifs is 5. The molecule has 0 atom stereocenters. The topological polar surface area (TPSA) is 12.9 Å². The molecule has 0 N–H and O–H groups in total. The van der Waals surface area contributed by atoms with E-state index in [1.807, 2.05) is 42.5 Å². The summed E-state index contributed by atoms with van der Waals surface area (Å²) in [6.07, 6.45) is -2.57. The number of halogens is 3. The molecule has 4 aromatic rings. The third-order valence-electron chi connectivity index (χ3n) is 6.05. The average Bonchev–Trinajstić information content (AvgIpc) is 2.83. The van der Waals surface area contributed by atoms with Gasteiger partial charge in [-0.3, -0.25) is 4.98 Å². The highest BCUT2D eigenvalue weighted by molar-refractivity contribution is 6.12. The predicted molar refractivity (Wildman–Crippen MR) is 115 cm³/mol. The van der Waals surface area contributed by atoms with Crippen LogP contribution in [0.25, 0.3) is 44.3 Å². The Balaban J connectivity index is 1.79. The van der Waals surface area contributed by atoms with Gasteiger partial charge in [-0.25, -0.2) is 0 Å². The Labute approximate surface area is 173 Å². The maximum Gasteiger partial charge on any atom is 0.394 e. The van der Waals surface area contributed by atoms with Gasteiger partial charge in [-0.2, -0.15) is 13.2 Å². The minimum Gasteiger partial charge on any atom is -0.256 e. The molecule has 0 bridgehead atoms. The summed E-state index contributed by atoms with van der Waals surface area (Å²) in [6.45, 7) is 2.51. The second-order valence-corrected chi connectivity index (χ2v) is 8.55. The quantitative estimate of drug-likeness (QED) is 0.294. The zero-order valence-electron chi connectivity index (χ0n) is 16.7. The molecule has 1 heterocycles. The molecule has 0 saturated heterocycles. The van der Waals surface area contributed by atoms with Gasteiger partial charge in [-0.05, 0) is 45.5 Å². The zero-order chi connectivity index (χ0) is 21.1. The van der Waals surface area contributed by atoms with E-state index in [0.29, 0.717) is 5.56 Å². The lowest BCUT2D eigenvalue weighted by Gasteiger charge is -2.28. The molecule has 0 spiro atoms. The van der Waals surface area contributed by atoms with Crippen LogP contribution in [0.5, 0.6) is 0 Å². The number of hydrogen-bond donors (Lipinski definition) is 0. The molecule has 1 nitrogen and oxygen atoms in total. The van der Waals surface area contributed by atoms with E-state index >= 15 is 0 Å². The number of nitrogens with zero attached hydrogens (tertiary/aromatic N) is 1. The number of hydrogen-bond acceptors (Lipinski definition) is 1. The highest BCUT2D eigenvalue weighted by Crippen LogP contribution is 2.47. The number of aromatic nitrogens is 1. The van der Waals surface area contributed by atoms with Crippen molar-refractivity contribution in [2.45, 2.75) is 26.4 Å². The van der Waals surface area contributed by atoms with Crippen LogP contribution >= 0.6 is 0 Å². The molecular formula is C26H20F3N. The average molecular weight is 403 g/mol. The van der Waals surface area contributed by atoms with Crippen molar-refractivity contribution in [3.05, 3.63) is 78.5 Å². The van der Waals surface area contributed by atoms with Crippen molar-refractivity contribution in [3.8, 4) is 33.5 Å². The summed E-state index contributed by atoms with van der Waals surface area (Å²) in [6, 6.07) is 21.9. The molecule has 150 valence electrons. The van der Waals surface area contributed by atoms with Crippen LogP contribution in [0.15, 0.2) is 72.9 Å². The van der Waals surface area contributed by atoms with Crippen LogP contribution in [-0.4, -0.2) is 11.2 Å². The summed E-state index contributed by atoms with van der Waals surface area (Å²) in [5.41, 5.74) is 4.76. The molecule has 5 rings (SSSR count). The van der Waals surface area contributed by atoms with E-state index < -0.39 is 11.6 Å². The van der Waals surface area contributed by atoms with E-state index in [4.69, 9.17) is 0 Å². The minimum absolute atomic E-state index is 0.0729. The highest BCUT2D eigenvalue weighted by Gasteiger charge is 2.47. The third kappa shape index (κ3) is 2.82. The summed E-state index contributed by atoms with van der Waals surface area (Å²) in [5.74, 6) is 0. The van der Waals surface area contributed by atoms with E-state index in [2.05, 4.69) is 29.2 Å². The lowest BCUT2D eigenvalue weighted by molar-refractivity contribution is -0.211. The Bertz CT molecular complexity index is 1280. The molecule has 0 aliphatic heterocycles. The SMILES string of the molecule is CC(C)(Cc1ccc2c(c1)-c1cccnc1-c1cccc3cccc-2c13)C(F)(F)F. The Morgan fingerprint density at radius 1 is 0.733 bits per heavy atom. The lowest BCUT2D eigenvalue weighted by Crippen LogP contribution is -2.34. The predicted octanol–water partition coefficient (Wildman–Crippen LogP) is 7.68. The van der Waals surface area contributed by atoms with Crippen molar-refractivity contribution in [1.29, 1.82) is 0 Å². The smallest absolute Gasteiger partial charge is 0.256 e. The van der Waals surface area contributed by atoms with E-state index in [-0.39, 0.29) is 6.42 Å². The van der Waals surface area contributed by atoms with Gasteiger partial charge in [0.2, 0.25) is 0 Å². The Morgan fingerprint density at radius 2 is 1.43 bits per heavy atom. The van der Waals surface area contributed by atoms with Gasteiger partial charge in [-0.15, -0.1) is 0 Å². The number of pyridine rings is 1. The summed E-state index contributed by atoms with van der Waals surface area (Å²) in [5, 5.41) is 2.25. The van der Waals surface area contributed by atoms with Crippen LogP contribution in [0.2, 0.25) is 0 Å². The fourth-order valence-corrected chi connectivity index (χ4v) is 4.37. The van der Waals surface area contributed by atoms with E-state index in [0.717, 1.165) is 44.3 Å². The zero-order valence-corrected chi connectivity index (χ0v) is 16.7. The lowest BCUT2D eigenvalue weighted by atomic mass is 9.83. The van der Waals surface area contributed by atoms with Gasteiger partial charge in [0.05, 0.1) is 11.1 Å². The number of benzene rings is 3. The molecule has 1 aromatic heterocycles. The summed E-state index contributed by atoms with van der Waals surface area (Å²) < 4.78 is 40.4. The van der Waals surface area contributed by atoms with Crippen molar-refractivity contribution in [3.63, 3.8) is 0 Å². The van der Waals surface area contributed by atoms with Gasteiger partial charge in [0.25, 0.3) is 0 Å². The normalized spacial score (nSPS) is 13.0. The molecule has 1 aliphatic rings. The largest absolute Gasteiger partial charge is 0.394 e. The molecule has 0 unspecified atom stereocenters. The maximum atomic E-state index is 13.5. The first-order chi connectivity index (χ1) is 14.3. The van der Waals surface area contributed by atoms with Crippen molar-refractivity contribution in [1.82, 2.24) is 4.98 Å². The third-order valence-corrected chi connectivity index (χ3v) is 6.05. The molecular weight excluding hydrogens is 383 g/mol. The van der Waals surface area contributed by atoms with Crippen molar-refractivity contribution in [2.24, 2.45) is 5.41 Å². The first-order valence-corrected chi connectivity index (χ1v) is 9.94. The summed E-state index contributed by atoms with van der Waals surface area (Å²) >= 11 is 0. The first kappa shape index (κ1) is 18.9. The van der Waals surface area contributed by atoms with E-state index in [9.17, 15) is 13.2 Å². The van der Waals surface area contributed by atoms with Gasteiger partial charge in [0.15, 0.2) is 0 Å². The molecule has 0 saturated carbocycles. The second-order valence-electron chi connectivity index (χ2n) is 8.55. The summed E-state index contributed by atoms with van der Waals surface area (Å²) in [7, 11) is 0. The maximum absolute atomic E-state index is 13.5. The Kier molecular flexibility index (Phi) is 4.04. The second kappa shape index (κ2) is 6.43. The van der Waals surface area contributed by atoms with Gasteiger partial charge in [0.1, 0.15) is 0 Å². The van der Waals surface area contributed by atoms with Crippen LogP contribution in [0.1, 0.15) is 19.4 Å². The summed E-state index contributed by atoms with van der Waals surface area (Å²) in [4.78, 5) is 4.67. The van der Waals surface area contributed by atoms with E-state index in [1.165, 1.54) is 13.8 Å². The Hall–Kier alpha value is -3.14. The standard InChI is InChI=1S/C26H20F3N/c1-25(2,26(27,28)29)15-16-11-12-18-19-8-3-6-17-7-4-9-21(23(17)19)24-20(22(18)14-16)10-5-13-30-24/h3-14H,15H2,1-2H3. The van der Waals surface area contributed by atoms with Gasteiger partial charge in [0, 0.05) is 17.3 Å². The Morgan fingerprint density at radius 3 is 2.17 bits per heavy atom. The van der Waals surface area contributed by atoms with Crippen LogP contribution in [-0.2, 0) is 6.42 Å². The minimum atomic E-state index is -4.26. The fourth-order valence-electron chi connectivity index (χ4n) is 4.37. The van der Waals surface area contributed by atoms with E-state index in [1.54, 1.807) is 6.20 Å². The molecule has 0 fully saturated rings. The monoisotopic (exact) mass is 403 g/mol. The molecule has 30 heavy (non-hydrogen) atoms. The fraction of sp³-hybridized carbons (Fsp3) is 0.192. The van der Waals surface area contributed by atoms with Crippen molar-refractivity contribution < 1.29 is 13.2 Å². The van der Waals surface area contributed by atoms with Crippen LogP contribution in [0.3, 0.4) is 0 Å². The molecule has 3 aromatic carbocycles. The van der Waals surface area contributed by atoms with Gasteiger partial charge < -0.3 is 0 Å².